The van der Waals surface area contributed by atoms with Crippen molar-refractivity contribution in [2.45, 2.75) is 39.5 Å². The van der Waals surface area contributed by atoms with E-state index in [-0.39, 0.29) is 0 Å². The summed E-state index contributed by atoms with van der Waals surface area (Å²) in [7, 11) is 0. The molecule has 0 radical (unpaired) electrons. The van der Waals surface area contributed by atoms with Gasteiger partial charge in [-0.25, -0.2) is 0 Å². The van der Waals surface area contributed by atoms with Crippen molar-refractivity contribution in [2.75, 3.05) is 11.9 Å². The summed E-state index contributed by atoms with van der Waals surface area (Å²) < 4.78 is 6.99. The van der Waals surface area contributed by atoms with Crippen LogP contribution < -0.4 is 4.74 Å². The second-order valence-corrected chi connectivity index (χ2v) is 7.00. The molecule has 2 rings (SSSR count). The zero-order valence-electron chi connectivity index (χ0n) is 11.1. The number of rotatable bonds is 5. The Kier molecular flexibility index (Phi) is 4.76. The smallest absolute Gasteiger partial charge is 0.125 e. The first-order valence-corrected chi connectivity index (χ1v) is 8.49. The van der Waals surface area contributed by atoms with E-state index < -0.39 is 0 Å². The van der Waals surface area contributed by atoms with Crippen LogP contribution in [0.25, 0.3) is 0 Å². The molecule has 1 unspecified atom stereocenters. The summed E-state index contributed by atoms with van der Waals surface area (Å²) >= 11 is 7.29. The topological polar surface area (TPSA) is 9.23 Å². The maximum Gasteiger partial charge on any atom is 0.125 e. The highest BCUT2D eigenvalue weighted by atomic mass is 79.9. The minimum absolute atomic E-state index is 0.315. The van der Waals surface area contributed by atoms with E-state index in [4.69, 9.17) is 4.74 Å². The van der Waals surface area contributed by atoms with Gasteiger partial charge in [-0.05, 0) is 41.5 Å². The Bertz CT molecular complexity index is 431. The minimum atomic E-state index is 0.315. The molecule has 1 heterocycles. The molecule has 0 bridgehead atoms. The number of ether oxygens (including phenoxy) is 1. The number of hydrogen-bond acceptors (Lipinski definition) is 1. The third-order valence-corrected chi connectivity index (χ3v) is 5.43. The van der Waals surface area contributed by atoms with Crippen LogP contribution in [-0.2, 0) is 12.8 Å². The van der Waals surface area contributed by atoms with Crippen LogP contribution in [0.1, 0.15) is 37.8 Å². The molecule has 0 N–H and O–H groups in total. The third-order valence-electron chi connectivity index (χ3n) is 3.62. The van der Waals surface area contributed by atoms with Crippen LogP contribution in [-0.4, -0.2) is 11.9 Å². The van der Waals surface area contributed by atoms with Gasteiger partial charge in [0.1, 0.15) is 5.75 Å². The van der Waals surface area contributed by atoms with Crippen molar-refractivity contribution < 1.29 is 4.74 Å². The molecule has 1 atom stereocenters. The monoisotopic (exact) mass is 374 g/mol. The lowest BCUT2D eigenvalue weighted by molar-refractivity contribution is 0.321. The van der Waals surface area contributed by atoms with E-state index in [1.54, 1.807) is 0 Å². The van der Waals surface area contributed by atoms with Crippen LogP contribution in [0.5, 0.6) is 5.75 Å². The fraction of sp³-hybridized carbons (Fsp3) is 0.600. The van der Waals surface area contributed by atoms with Gasteiger partial charge in [-0.3, -0.25) is 0 Å². The zero-order chi connectivity index (χ0) is 13.2. The summed E-state index contributed by atoms with van der Waals surface area (Å²) in [5.41, 5.74) is 3.02. The Morgan fingerprint density at radius 1 is 1.39 bits per heavy atom. The Labute approximate surface area is 127 Å². The van der Waals surface area contributed by atoms with Crippen LogP contribution in [0.15, 0.2) is 16.6 Å². The molecule has 1 nitrogen and oxygen atoms in total. The molecule has 1 aromatic carbocycles. The van der Waals surface area contributed by atoms with Crippen molar-refractivity contribution in [3.05, 3.63) is 27.7 Å². The Morgan fingerprint density at radius 2 is 2.17 bits per heavy atom. The van der Waals surface area contributed by atoms with Crippen molar-refractivity contribution >= 4 is 31.9 Å². The van der Waals surface area contributed by atoms with Crippen molar-refractivity contribution in [3.8, 4) is 5.75 Å². The second kappa shape index (κ2) is 5.96. The molecule has 0 fully saturated rings. The summed E-state index contributed by atoms with van der Waals surface area (Å²) in [4.78, 5) is 0. The number of fused-ring (bicyclic) bond motifs is 1. The highest BCUT2D eigenvalue weighted by Crippen LogP contribution is 2.38. The Hall–Kier alpha value is -0.0200. The summed E-state index contributed by atoms with van der Waals surface area (Å²) in [5.74, 6) is 1.14. The second-order valence-electron chi connectivity index (χ2n) is 5.52. The van der Waals surface area contributed by atoms with Gasteiger partial charge in [0.2, 0.25) is 0 Å². The summed E-state index contributed by atoms with van der Waals surface area (Å²) in [6.45, 7) is 5.44. The van der Waals surface area contributed by atoms with E-state index in [0.717, 1.165) is 30.5 Å². The Balaban J connectivity index is 2.28. The molecule has 18 heavy (non-hydrogen) atoms. The predicted octanol–water partition coefficient (Wildman–Crippen LogP) is 5.13. The van der Waals surface area contributed by atoms with Crippen molar-refractivity contribution in [1.29, 1.82) is 0 Å². The third kappa shape index (κ3) is 3.11. The van der Waals surface area contributed by atoms with E-state index in [1.807, 2.05) is 0 Å². The van der Waals surface area contributed by atoms with Gasteiger partial charge in [-0.2, -0.15) is 0 Å². The average Bonchev–Trinajstić information content (AvgIpc) is 2.77. The molecule has 0 spiro atoms. The lowest BCUT2D eigenvalue weighted by Crippen LogP contribution is -2.21. The fourth-order valence-corrected chi connectivity index (χ4v) is 3.77. The highest BCUT2D eigenvalue weighted by molar-refractivity contribution is 9.10. The molecule has 0 aromatic heterocycles. The van der Waals surface area contributed by atoms with Crippen LogP contribution in [0.3, 0.4) is 0 Å². The summed E-state index contributed by atoms with van der Waals surface area (Å²) in [6.07, 6.45) is 4.58. The van der Waals surface area contributed by atoms with Gasteiger partial charge in [0.15, 0.2) is 0 Å². The van der Waals surface area contributed by atoms with Gasteiger partial charge >= 0.3 is 0 Å². The van der Waals surface area contributed by atoms with Crippen LogP contribution in [0, 0.1) is 5.41 Å². The summed E-state index contributed by atoms with van der Waals surface area (Å²) in [6, 6.07) is 4.41. The number of halogens is 2. The van der Waals surface area contributed by atoms with Crippen LogP contribution >= 0.6 is 31.9 Å². The molecule has 0 amide bonds. The largest absolute Gasteiger partial charge is 0.493 e. The molecule has 100 valence electrons. The average molecular weight is 376 g/mol. The number of benzene rings is 1. The molecule has 0 saturated heterocycles. The van der Waals surface area contributed by atoms with Crippen molar-refractivity contribution in [3.63, 3.8) is 0 Å². The maximum absolute atomic E-state index is 5.82. The van der Waals surface area contributed by atoms with E-state index in [1.165, 1.54) is 28.4 Å². The van der Waals surface area contributed by atoms with E-state index >= 15 is 0 Å². The van der Waals surface area contributed by atoms with Gasteiger partial charge in [-0.1, -0.05) is 52.1 Å². The lowest BCUT2D eigenvalue weighted by Gasteiger charge is -2.28. The highest BCUT2D eigenvalue weighted by Gasteiger charge is 2.26. The van der Waals surface area contributed by atoms with Crippen LogP contribution in [0.4, 0.5) is 0 Å². The molecule has 1 aliphatic heterocycles. The van der Waals surface area contributed by atoms with Gasteiger partial charge in [-0.15, -0.1) is 0 Å². The molecule has 1 aliphatic rings. The van der Waals surface area contributed by atoms with E-state index in [9.17, 15) is 0 Å². The normalized spacial score (nSPS) is 17.1. The molecule has 0 aliphatic carbocycles. The van der Waals surface area contributed by atoms with Gasteiger partial charge in [0.05, 0.1) is 6.61 Å². The van der Waals surface area contributed by atoms with E-state index in [2.05, 4.69) is 57.8 Å². The van der Waals surface area contributed by atoms with Gasteiger partial charge in [0, 0.05) is 16.2 Å². The van der Waals surface area contributed by atoms with Gasteiger partial charge < -0.3 is 4.74 Å². The van der Waals surface area contributed by atoms with E-state index in [0.29, 0.717) is 5.41 Å². The molecule has 3 heteroatoms. The zero-order valence-corrected chi connectivity index (χ0v) is 14.2. The first-order valence-electron chi connectivity index (χ1n) is 6.58. The standard InChI is InChI=1S/C15H20Br2O/c1-3-5-15(2,10-16)9-12-8-13(17)7-11-4-6-18-14(11)12/h7-8H,3-6,9-10H2,1-2H3. The molecular formula is C15H20Br2O. The first-order chi connectivity index (χ1) is 8.58. The Morgan fingerprint density at radius 3 is 2.83 bits per heavy atom. The fourth-order valence-electron chi connectivity index (χ4n) is 2.74. The van der Waals surface area contributed by atoms with Crippen molar-refractivity contribution in [2.24, 2.45) is 5.41 Å². The minimum Gasteiger partial charge on any atom is -0.493 e. The number of hydrogen-bond donors (Lipinski definition) is 0. The van der Waals surface area contributed by atoms with Gasteiger partial charge in [0.25, 0.3) is 0 Å². The summed E-state index contributed by atoms with van der Waals surface area (Å²) in [5, 5.41) is 1.04. The van der Waals surface area contributed by atoms with Crippen molar-refractivity contribution in [1.82, 2.24) is 0 Å². The molecule has 0 saturated carbocycles. The lowest BCUT2D eigenvalue weighted by atomic mass is 9.81. The quantitative estimate of drug-likeness (QED) is 0.648. The number of alkyl halides is 1. The SMILES string of the molecule is CCCC(C)(CBr)Cc1cc(Br)cc2c1OCC2. The van der Waals surface area contributed by atoms with Crippen LogP contribution in [0.2, 0.25) is 0 Å². The molecule has 1 aromatic rings. The molecular weight excluding hydrogens is 356 g/mol. The first kappa shape index (κ1) is 14.4. The predicted molar refractivity (Wildman–Crippen MR) is 83.9 cm³/mol. The maximum atomic E-state index is 5.82.